The number of amides is 2. The molecular formula is C34H42ClN3O5S. The summed E-state index contributed by atoms with van der Waals surface area (Å²) in [5.41, 5.74) is 2.59. The number of hydrogen-bond acceptors (Lipinski definition) is 5. The Balaban J connectivity index is 1.77. The number of sulfonamides is 1. The monoisotopic (exact) mass is 639 g/mol. The molecule has 44 heavy (non-hydrogen) atoms. The largest absolute Gasteiger partial charge is 0.495 e. The first-order valence-electron chi connectivity index (χ1n) is 15.1. The summed E-state index contributed by atoms with van der Waals surface area (Å²) in [4.78, 5) is 29.6. The average molecular weight is 640 g/mol. The highest BCUT2D eigenvalue weighted by molar-refractivity contribution is 7.92. The molecule has 1 aliphatic rings. The van der Waals surface area contributed by atoms with E-state index in [1.165, 1.54) is 24.1 Å². The number of carbonyl (C=O) groups excluding carboxylic acids is 2. The van der Waals surface area contributed by atoms with E-state index in [1.807, 2.05) is 32.9 Å². The molecule has 0 heterocycles. The zero-order valence-electron chi connectivity index (χ0n) is 25.9. The smallest absolute Gasteiger partial charge is 0.264 e. The van der Waals surface area contributed by atoms with Gasteiger partial charge < -0.3 is 15.0 Å². The van der Waals surface area contributed by atoms with E-state index in [2.05, 4.69) is 5.32 Å². The van der Waals surface area contributed by atoms with E-state index in [9.17, 15) is 18.0 Å². The number of nitrogens with one attached hydrogen (secondary N) is 1. The standard InChI is InChI=1S/C34H42ClN3O5S/c1-5-30(34(40)36-27-12-7-6-8-13-27)37(22-26-11-9-10-14-29(26)35)33(39)23-38(31-21-25(3)17-20-32(31)43-4)44(41,42)28-18-15-24(2)16-19-28/h9-11,14-21,27,30H,5-8,12-13,22-23H2,1-4H3,(H,36,40). The highest BCUT2D eigenvalue weighted by atomic mass is 35.5. The summed E-state index contributed by atoms with van der Waals surface area (Å²) in [5.74, 6) is -0.477. The number of aryl methyl sites for hydroxylation is 2. The molecule has 236 valence electrons. The van der Waals surface area contributed by atoms with Crippen molar-refractivity contribution in [1.82, 2.24) is 10.2 Å². The van der Waals surface area contributed by atoms with Crippen molar-refractivity contribution in [3.63, 3.8) is 0 Å². The molecule has 1 aliphatic carbocycles. The normalized spacial score (nSPS) is 14.5. The molecular weight excluding hydrogens is 598 g/mol. The summed E-state index contributed by atoms with van der Waals surface area (Å²) in [7, 11) is -2.77. The van der Waals surface area contributed by atoms with Crippen LogP contribution in [0.15, 0.2) is 71.6 Å². The molecule has 1 saturated carbocycles. The van der Waals surface area contributed by atoms with Crippen LogP contribution in [0, 0.1) is 13.8 Å². The number of rotatable bonds is 12. The van der Waals surface area contributed by atoms with E-state index in [0.29, 0.717) is 22.8 Å². The Morgan fingerprint density at radius 2 is 1.64 bits per heavy atom. The number of carbonyl (C=O) groups is 2. The van der Waals surface area contributed by atoms with Crippen LogP contribution in [0.25, 0.3) is 0 Å². The van der Waals surface area contributed by atoms with Gasteiger partial charge in [0.05, 0.1) is 17.7 Å². The summed E-state index contributed by atoms with van der Waals surface area (Å²) in [5, 5.41) is 3.62. The topological polar surface area (TPSA) is 96.0 Å². The van der Waals surface area contributed by atoms with Crippen LogP contribution in [0.3, 0.4) is 0 Å². The molecule has 0 saturated heterocycles. The van der Waals surface area contributed by atoms with Crippen molar-refractivity contribution >= 4 is 39.1 Å². The highest BCUT2D eigenvalue weighted by Crippen LogP contribution is 2.34. The van der Waals surface area contributed by atoms with Crippen LogP contribution in [-0.4, -0.2) is 50.9 Å². The summed E-state index contributed by atoms with van der Waals surface area (Å²) < 4.78 is 35.1. The summed E-state index contributed by atoms with van der Waals surface area (Å²) in [6.07, 6.45) is 5.39. The second-order valence-electron chi connectivity index (χ2n) is 11.4. The minimum atomic E-state index is -4.23. The molecule has 3 aromatic rings. The predicted molar refractivity (Wildman–Crippen MR) is 175 cm³/mol. The Kier molecular flexibility index (Phi) is 11.3. The number of benzene rings is 3. The molecule has 1 atom stereocenters. The average Bonchev–Trinajstić information content (AvgIpc) is 3.01. The number of methoxy groups -OCH3 is 1. The zero-order valence-corrected chi connectivity index (χ0v) is 27.5. The van der Waals surface area contributed by atoms with Crippen molar-refractivity contribution in [2.75, 3.05) is 18.0 Å². The third kappa shape index (κ3) is 7.93. The fraction of sp³-hybridized carbons (Fsp3) is 0.412. The SMILES string of the molecule is CCC(C(=O)NC1CCCCC1)N(Cc1ccccc1Cl)C(=O)CN(c1cc(C)ccc1OC)S(=O)(=O)c1ccc(C)cc1. The number of ether oxygens (including phenoxy) is 1. The maximum atomic E-state index is 14.4. The van der Waals surface area contributed by atoms with Crippen molar-refractivity contribution in [3.05, 3.63) is 88.4 Å². The summed E-state index contributed by atoms with van der Waals surface area (Å²) in [6, 6.07) is 18.0. The van der Waals surface area contributed by atoms with Gasteiger partial charge in [0.1, 0.15) is 18.3 Å². The predicted octanol–water partition coefficient (Wildman–Crippen LogP) is 6.42. The fourth-order valence-electron chi connectivity index (χ4n) is 5.62. The van der Waals surface area contributed by atoms with Crippen LogP contribution in [0.1, 0.15) is 62.1 Å². The van der Waals surface area contributed by atoms with Crippen LogP contribution < -0.4 is 14.4 Å². The van der Waals surface area contributed by atoms with Gasteiger partial charge in [0, 0.05) is 17.6 Å². The van der Waals surface area contributed by atoms with Gasteiger partial charge in [-0.05, 0) is 74.6 Å². The van der Waals surface area contributed by atoms with Gasteiger partial charge in [-0.25, -0.2) is 8.42 Å². The van der Waals surface area contributed by atoms with Gasteiger partial charge in [-0.1, -0.05) is 79.7 Å². The first-order chi connectivity index (χ1) is 21.0. The Morgan fingerprint density at radius 3 is 2.27 bits per heavy atom. The van der Waals surface area contributed by atoms with Crippen LogP contribution in [0.4, 0.5) is 5.69 Å². The fourth-order valence-corrected chi connectivity index (χ4v) is 7.23. The number of hydrogen-bond donors (Lipinski definition) is 1. The molecule has 1 fully saturated rings. The van der Waals surface area contributed by atoms with E-state index in [0.717, 1.165) is 47.5 Å². The molecule has 0 aliphatic heterocycles. The molecule has 2 amide bonds. The lowest BCUT2D eigenvalue weighted by Gasteiger charge is -2.35. The first-order valence-corrected chi connectivity index (χ1v) is 16.9. The number of nitrogens with zero attached hydrogens (tertiary/aromatic N) is 2. The molecule has 0 radical (unpaired) electrons. The molecule has 10 heteroatoms. The molecule has 0 spiro atoms. The van der Waals surface area contributed by atoms with Crippen molar-refractivity contribution in [1.29, 1.82) is 0 Å². The molecule has 1 unspecified atom stereocenters. The Labute approximate surface area is 266 Å². The minimum Gasteiger partial charge on any atom is -0.495 e. The molecule has 0 bridgehead atoms. The van der Waals surface area contributed by atoms with Crippen molar-refractivity contribution < 1.29 is 22.7 Å². The number of halogens is 1. The van der Waals surface area contributed by atoms with E-state index < -0.39 is 28.5 Å². The third-order valence-electron chi connectivity index (χ3n) is 8.13. The van der Waals surface area contributed by atoms with E-state index in [-0.39, 0.29) is 29.1 Å². The van der Waals surface area contributed by atoms with E-state index >= 15 is 0 Å². The van der Waals surface area contributed by atoms with Crippen LogP contribution in [-0.2, 0) is 26.2 Å². The van der Waals surface area contributed by atoms with Gasteiger partial charge in [0.15, 0.2) is 0 Å². The van der Waals surface area contributed by atoms with Crippen LogP contribution in [0.2, 0.25) is 5.02 Å². The minimum absolute atomic E-state index is 0.0402. The quantitative estimate of drug-likeness (QED) is 0.247. The van der Waals surface area contributed by atoms with E-state index in [1.54, 1.807) is 42.5 Å². The Bertz CT molecular complexity index is 1560. The van der Waals surface area contributed by atoms with Gasteiger partial charge >= 0.3 is 0 Å². The maximum Gasteiger partial charge on any atom is 0.264 e. The van der Waals surface area contributed by atoms with Crippen molar-refractivity contribution in [3.8, 4) is 5.75 Å². The van der Waals surface area contributed by atoms with Gasteiger partial charge in [0.25, 0.3) is 10.0 Å². The van der Waals surface area contributed by atoms with Crippen LogP contribution >= 0.6 is 11.6 Å². The highest BCUT2D eigenvalue weighted by Gasteiger charge is 2.35. The third-order valence-corrected chi connectivity index (χ3v) is 10.3. The molecule has 1 N–H and O–H groups in total. The van der Waals surface area contributed by atoms with Crippen molar-refractivity contribution in [2.45, 2.75) is 82.8 Å². The lowest BCUT2D eigenvalue weighted by atomic mass is 9.95. The van der Waals surface area contributed by atoms with Crippen LogP contribution in [0.5, 0.6) is 5.75 Å². The lowest BCUT2D eigenvalue weighted by Crippen LogP contribution is -2.54. The zero-order chi connectivity index (χ0) is 31.9. The second-order valence-corrected chi connectivity index (χ2v) is 13.7. The molecule has 3 aromatic carbocycles. The lowest BCUT2D eigenvalue weighted by molar-refractivity contribution is -0.140. The maximum absolute atomic E-state index is 14.4. The Hall–Kier alpha value is -3.56. The first kappa shape index (κ1) is 33.3. The molecule has 4 rings (SSSR count). The van der Waals surface area contributed by atoms with E-state index in [4.69, 9.17) is 16.3 Å². The summed E-state index contributed by atoms with van der Waals surface area (Å²) >= 11 is 6.52. The molecule has 8 nitrogen and oxygen atoms in total. The van der Waals surface area contributed by atoms with Crippen molar-refractivity contribution in [2.24, 2.45) is 0 Å². The van der Waals surface area contributed by atoms with Gasteiger partial charge in [-0.2, -0.15) is 0 Å². The second kappa shape index (κ2) is 14.9. The Morgan fingerprint density at radius 1 is 0.977 bits per heavy atom. The van der Waals surface area contributed by atoms with Gasteiger partial charge in [-0.3, -0.25) is 13.9 Å². The number of anilines is 1. The van der Waals surface area contributed by atoms with Gasteiger partial charge in [0.2, 0.25) is 11.8 Å². The van der Waals surface area contributed by atoms with Gasteiger partial charge in [-0.15, -0.1) is 0 Å². The molecule has 0 aromatic heterocycles. The summed E-state index contributed by atoms with van der Waals surface area (Å²) in [6.45, 7) is 5.06.